The largest absolute Gasteiger partial charge is 0.383 e. The van der Waals surface area contributed by atoms with Crippen molar-refractivity contribution in [3.05, 3.63) is 24.5 Å². The molecule has 0 radical (unpaired) electrons. The van der Waals surface area contributed by atoms with Crippen molar-refractivity contribution in [1.29, 1.82) is 0 Å². The minimum absolute atomic E-state index is 0.464. The Bertz CT molecular complexity index is 706. The smallest absolute Gasteiger partial charge is 0.318 e. The first-order chi connectivity index (χ1) is 11.5. The minimum atomic E-state index is -0.884. The zero-order chi connectivity index (χ0) is 17.5. The fraction of sp³-hybridized carbons (Fsp3) is 0.357. The van der Waals surface area contributed by atoms with Gasteiger partial charge in [-0.3, -0.25) is 19.7 Å². The van der Waals surface area contributed by atoms with Gasteiger partial charge in [0.1, 0.15) is 0 Å². The van der Waals surface area contributed by atoms with Gasteiger partial charge in [-0.1, -0.05) is 11.8 Å². The number of rotatable bonds is 7. The molecular formula is C14H18N6O3S. The normalized spacial score (nSPS) is 11.9. The summed E-state index contributed by atoms with van der Waals surface area (Å²) in [5.74, 6) is 0.165. The summed E-state index contributed by atoms with van der Waals surface area (Å²) in [7, 11) is 1.60. The Morgan fingerprint density at radius 1 is 1.38 bits per heavy atom. The SMILES string of the molecule is COCCn1c(S[C@H](C)C(=O)NC(N)=O)nnc1-c1ccncc1. The molecule has 128 valence electrons. The monoisotopic (exact) mass is 350 g/mol. The highest BCUT2D eigenvalue weighted by Gasteiger charge is 2.21. The van der Waals surface area contributed by atoms with Crippen LogP contribution in [0.5, 0.6) is 0 Å². The number of urea groups is 1. The number of imide groups is 1. The fourth-order valence-corrected chi connectivity index (χ4v) is 2.78. The molecule has 1 atom stereocenters. The van der Waals surface area contributed by atoms with Crippen LogP contribution in [-0.4, -0.2) is 50.7 Å². The fourth-order valence-electron chi connectivity index (χ4n) is 1.91. The molecule has 2 aromatic heterocycles. The first kappa shape index (κ1) is 17.9. The van der Waals surface area contributed by atoms with E-state index in [0.717, 1.165) is 5.56 Å². The average molecular weight is 350 g/mol. The summed E-state index contributed by atoms with van der Waals surface area (Å²) in [6.45, 7) is 2.64. The van der Waals surface area contributed by atoms with Crippen molar-refractivity contribution < 1.29 is 14.3 Å². The summed E-state index contributed by atoms with van der Waals surface area (Å²) in [6.07, 6.45) is 3.33. The maximum absolute atomic E-state index is 11.8. The van der Waals surface area contributed by atoms with Crippen molar-refractivity contribution in [2.45, 2.75) is 23.9 Å². The number of nitrogens with zero attached hydrogens (tertiary/aromatic N) is 4. The Hall–Kier alpha value is -2.46. The molecule has 3 amide bonds. The summed E-state index contributed by atoms with van der Waals surface area (Å²) in [5.41, 5.74) is 5.82. The highest BCUT2D eigenvalue weighted by Crippen LogP contribution is 2.26. The Labute approximate surface area is 143 Å². The Morgan fingerprint density at radius 2 is 2.08 bits per heavy atom. The molecule has 0 bridgehead atoms. The van der Waals surface area contributed by atoms with Crippen molar-refractivity contribution in [3.8, 4) is 11.4 Å². The van der Waals surface area contributed by atoms with Gasteiger partial charge in [0.05, 0.1) is 18.4 Å². The number of hydrogen-bond donors (Lipinski definition) is 2. The molecule has 0 aromatic carbocycles. The van der Waals surface area contributed by atoms with Gasteiger partial charge in [0.15, 0.2) is 11.0 Å². The number of ether oxygens (including phenoxy) is 1. The van der Waals surface area contributed by atoms with Gasteiger partial charge in [-0.05, 0) is 19.1 Å². The molecule has 0 aliphatic carbocycles. The van der Waals surface area contributed by atoms with Crippen LogP contribution in [0.4, 0.5) is 4.79 Å². The van der Waals surface area contributed by atoms with Crippen molar-refractivity contribution in [3.63, 3.8) is 0 Å². The molecule has 0 fully saturated rings. The Balaban J connectivity index is 2.24. The molecule has 0 saturated carbocycles. The highest BCUT2D eigenvalue weighted by molar-refractivity contribution is 8.00. The maximum atomic E-state index is 11.8. The van der Waals surface area contributed by atoms with Crippen molar-refractivity contribution in [2.75, 3.05) is 13.7 Å². The average Bonchev–Trinajstić information content (AvgIpc) is 2.95. The van der Waals surface area contributed by atoms with Gasteiger partial charge in [0, 0.05) is 25.1 Å². The van der Waals surface area contributed by atoms with E-state index in [4.69, 9.17) is 10.5 Å². The van der Waals surface area contributed by atoms with Crippen molar-refractivity contribution >= 4 is 23.7 Å². The van der Waals surface area contributed by atoms with Gasteiger partial charge >= 0.3 is 6.03 Å². The van der Waals surface area contributed by atoms with Crippen molar-refractivity contribution in [2.24, 2.45) is 5.73 Å². The number of pyridine rings is 1. The molecule has 0 aliphatic rings. The van der Waals surface area contributed by atoms with E-state index in [1.807, 2.05) is 16.7 Å². The third-order valence-corrected chi connectivity index (χ3v) is 4.15. The third kappa shape index (κ3) is 4.52. The summed E-state index contributed by atoms with van der Waals surface area (Å²) in [4.78, 5) is 26.6. The zero-order valence-electron chi connectivity index (χ0n) is 13.3. The Morgan fingerprint density at radius 3 is 2.71 bits per heavy atom. The molecule has 10 heteroatoms. The van der Waals surface area contributed by atoms with Gasteiger partial charge in [-0.2, -0.15) is 0 Å². The van der Waals surface area contributed by atoms with Crippen LogP contribution in [0.2, 0.25) is 0 Å². The first-order valence-electron chi connectivity index (χ1n) is 7.12. The molecule has 0 unspecified atom stereocenters. The van der Waals surface area contributed by atoms with E-state index in [2.05, 4.69) is 20.5 Å². The lowest BCUT2D eigenvalue weighted by atomic mass is 10.2. The van der Waals surface area contributed by atoms with E-state index in [1.165, 1.54) is 11.8 Å². The molecule has 0 saturated heterocycles. The zero-order valence-corrected chi connectivity index (χ0v) is 14.1. The van der Waals surface area contributed by atoms with Gasteiger partial charge in [-0.15, -0.1) is 10.2 Å². The van der Waals surface area contributed by atoms with E-state index in [1.54, 1.807) is 26.4 Å². The van der Waals surface area contributed by atoms with E-state index in [9.17, 15) is 9.59 Å². The van der Waals surface area contributed by atoms with Gasteiger partial charge in [-0.25, -0.2) is 4.79 Å². The number of carbonyl (C=O) groups excluding carboxylic acids is 2. The number of thioether (sulfide) groups is 1. The number of hydrogen-bond acceptors (Lipinski definition) is 7. The lowest BCUT2D eigenvalue weighted by Gasteiger charge is -2.12. The number of primary amides is 1. The molecule has 24 heavy (non-hydrogen) atoms. The number of nitrogens with one attached hydrogen (secondary N) is 1. The molecule has 0 spiro atoms. The quantitative estimate of drug-likeness (QED) is 0.703. The van der Waals surface area contributed by atoms with E-state index >= 15 is 0 Å². The lowest BCUT2D eigenvalue weighted by Crippen LogP contribution is -2.39. The number of amides is 3. The van der Waals surface area contributed by atoms with Crippen LogP contribution in [0.25, 0.3) is 11.4 Å². The molecule has 2 rings (SSSR count). The molecule has 2 heterocycles. The molecule has 3 N–H and O–H groups in total. The maximum Gasteiger partial charge on any atom is 0.318 e. The summed E-state index contributed by atoms with van der Waals surface area (Å²) < 4.78 is 6.99. The van der Waals surface area contributed by atoms with Crippen LogP contribution >= 0.6 is 11.8 Å². The summed E-state index contributed by atoms with van der Waals surface area (Å²) >= 11 is 1.18. The second-order valence-electron chi connectivity index (χ2n) is 4.80. The molecule has 2 aromatic rings. The van der Waals surface area contributed by atoms with E-state index < -0.39 is 17.2 Å². The standard InChI is InChI=1S/C14H18N6O3S/c1-9(12(21)17-13(15)22)24-14-19-18-11(20(14)7-8-23-2)10-3-5-16-6-4-10/h3-6,9H,7-8H2,1-2H3,(H3,15,17,21,22)/t9-/m1/s1. The third-order valence-electron chi connectivity index (χ3n) is 3.07. The predicted octanol–water partition coefficient (Wildman–Crippen LogP) is 0.662. The highest BCUT2D eigenvalue weighted by atomic mass is 32.2. The molecule has 9 nitrogen and oxygen atoms in total. The van der Waals surface area contributed by atoms with Crippen LogP contribution in [0, 0.1) is 0 Å². The van der Waals surface area contributed by atoms with Crippen LogP contribution < -0.4 is 11.1 Å². The summed E-state index contributed by atoms with van der Waals surface area (Å²) in [6, 6.07) is 2.77. The number of aromatic nitrogens is 4. The van der Waals surface area contributed by atoms with Crippen molar-refractivity contribution in [1.82, 2.24) is 25.1 Å². The molecular weight excluding hydrogens is 332 g/mol. The number of methoxy groups -OCH3 is 1. The second-order valence-corrected chi connectivity index (χ2v) is 6.11. The van der Waals surface area contributed by atoms with E-state index in [-0.39, 0.29) is 0 Å². The lowest BCUT2D eigenvalue weighted by molar-refractivity contribution is -0.119. The van der Waals surface area contributed by atoms with Crippen LogP contribution in [0.15, 0.2) is 29.7 Å². The van der Waals surface area contributed by atoms with Gasteiger partial charge in [0.2, 0.25) is 5.91 Å². The van der Waals surface area contributed by atoms with Gasteiger partial charge < -0.3 is 10.5 Å². The van der Waals surface area contributed by atoms with Crippen LogP contribution in [-0.2, 0) is 16.1 Å². The number of nitrogens with two attached hydrogens (primary N) is 1. The predicted molar refractivity (Wildman–Crippen MR) is 88.2 cm³/mol. The first-order valence-corrected chi connectivity index (χ1v) is 8.00. The minimum Gasteiger partial charge on any atom is -0.383 e. The van der Waals surface area contributed by atoms with E-state index in [0.29, 0.717) is 24.1 Å². The second kappa shape index (κ2) is 8.41. The molecule has 0 aliphatic heterocycles. The Kier molecular flexibility index (Phi) is 6.27. The summed E-state index contributed by atoms with van der Waals surface area (Å²) in [5, 5.41) is 10.4. The topological polar surface area (TPSA) is 125 Å². The van der Waals surface area contributed by atoms with Crippen LogP contribution in [0.3, 0.4) is 0 Å². The van der Waals surface area contributed by atoms with Crippen LogP contribution in [0.1, 0.15) is 6.92 Å². The van der Waals surface area contributed by atoms with Gasteiger partial charge in [0.25, 0.3) is 0 Å². The number of carbonyl (C=O) groups is 2.